The molecule has 0 saturated carbocycles. The van der Waals surface area contributed by atoms with E-state index in [1.165, 1.54) is 0 Å². The number of allylic oxidation sites excluding steroid dienone is 8. The van der Waals surface area contributed by atoms with Crippen LogP contribution in [0.25, 0.3) is 0 Å². The molecule has 70 heavy (non-hydrogen) atoms. The molecule has 22 radical (unpaired) electrons. The zero-order valence-electron chi connectivity index (χ0n) is 41.4. The lowest BCUT2D eigenvalue weighted by molar-refractivity contribution is 0.739. The molecule has 3 nitrogen and oxygen atoms in total. The summed E-state index contributed by atoms with van der Waals surface area (Å²) in [5.74, 6) is -0.695. The van der Waals surface area contributed by atoms with Crippen LogP contribution in [0.4, 0.5) is 34.1 Å². The lowest BCUT2D eigenvalue weighted by Gasteiger charge is -2.54. The number of benzene rings is 4. The van der Waals surface area contributed by atoms with Gasteiger partial charge in [-0.15, -0.1) is 16.4 Å². The minimum atomic E-state index is -0.693. The van der Waals surface area contributed by atoms with Crippen molar-refractivity contribution in [2.24, 2.45) is 0 Å². The molecule has 5 aliphatic rings. The Hall–Kier alpha value is -4.50. The van der Waals surface area contributed by atoms with Gasteiger partial charge in [-0.05, 0) is 93.2 Å². The molecular formula is C55H51B12N3. The molecule has 3 atom stereocenters. The van der Waals surface area contributed by atoms with E-state index in [1.807, 2.05) is 36.4 Å². The predicted octanol–water partition coefficient (Wildman–Crippen LogP) is 6.64. The molecule has 3 unspecified atom stereocenters. The maximum absolute atomic E-state index is 7.51. The Morgan fingerprint density at radius 1 is 0.486 bits per heavy atom. The van der Waals surface area contributed by atoms with Crippen molar-refractivity contribution in [2.45, 2.75) is 122 Å². The van der Waals surface area contributed by atoms with Crippen molar-refractivity contribution in [1.29, 1.82) is 0 Å². The first kappa shape index (κ1) is 50.4. The van der Waals surface area contributed by atoms with Gasteiger partial charge in [0, 0.05) is 51.5 Å². The summed E-state index contributed by atoms with van der Waals surface area (Å²) in [5.41, 5.74) is 16.1. The molecule has 0 bridgehead atoms. The van der Waals surface area contributed by atoms with Gasteiger partial charge in [0.15, 0.2) is 0 Å². The number of para-hydroxylation sites is 2. The Balaban J connectivity index is 1.47. The van der Waals surface area contributed by atoms with Gasteiger partial charge in [0.1, 0.15) is 86.3 Å². The fraction of sp³-hybridized carbons (Fsp3) is 0.345. The summed E-state index contributed by atoms with van der Waals surface area (Å²) in [5, 5.41) is 0. The lowest BCUT2D eigenvalue weighted by atomic mass is 9.25. The maximum Gasteiger partial charge on any atom is 0.209 e. The molecule has 9 rings (SSSR count). The molecule has 2 heterocycles. The van der Waals surface area contributed by atoms with Gasteiger partial charge in [0.25, 0.3) is 0 Å². The Morgan fingerprint density at radius 3 is 1.49 bits per heavy atom. The van der Waals surface area contributed by atoms with Crippen LogP contribution in [0.1, 0.15) is 104 Å². The second-order valence-corrected chi connectivity index (χ2v) is 19.7. The van der Waals surface area contributed by atoms with Gasteiger partial charge in [-0.2, -0.15) is 0 Å². The van der Waals surface area contributed by atoms with Crippen LogP contribution in [0.3, 0.4) is 0 Å². The molecule has 4 aromatic carbocycles. The normalized spacial score (nSPS) is 19.6. The fourth-order valence-corrected chi connectivity index (χ4v) is 12.1. The predicted molar refractivity (Wildman–Crippen MR) is 310 cm³/mol. The summed E-state index contributed by atoms with van der Waals surface area (Å²) in [6.07, 6.45) is 10.1. The summed E-state index contributed by atoms with van der Waals surface area (Å²) in [4.78, 5) is 6.61. The van der Waals surface area contributed by atoms with Gasteiger partial charge in [0.05, 0.1) is 11.7 Å². The molecule has 15 heteroatoms. The molecule has 0 N–H and O–H groups in total. The zero-order valence-corrected chi connectivity index (χ0v) is 41.4. The quantitative estimate of drug-likeness (QED) is 0.110. The average Bonchev–Trinajstić information content (AvgIpc) is 3.85. The molecule has 0 amide bonds. The van der Waals surface area contributed by atoms with Gasteiger partial charge < -0.3 is 14.7 Å². The Morgan fingerprint density at radius 2 is 0.957 bits per heavy atom. The van der Waals surface area contributed by atoms with Gasteiger partial charge in [-0.1, -0.05) is 156 Å². The van der Waals surface area contributed by atoms with E-state index in [1.54, 1.807) is 0 Å². The molecule has 3 aliphatic carbocycles. The van der Waals surface area contributed by atoms with Crippen LogP contribution in [0, 0.1) is 0 Å². The van der Waals surface area contributed by atoms with Crippen LogP contribution < -0.4 is 42.0 Å². The van der Waals surface area contributed by atoms with Crippen LogP contribution in [-0.4, -0.2) is 99.1 Å². The van der Waals surface area contributed by atoms with Crippen molar-refractivity contribution >= 4 is 154 Å². The zero-order chi connectivity index (χ0) is 49.9. The lowest BCUT2D eigenvalue weighted by Crippen LogP contribution is -2.59. The summed E-state index contributed by atoms with van der Waals surface area (Å²) in [6, 6.07) is 24.3. The SMILES string of the molecule is [B]C1=C(CCCC)C2B3c4c(cc(N(c5ccccc5)c5ccccc5)cc4N(C4C([B])=C([B])C(CCCC)=C4[B])C4=C([B])C([B])=C(CCCC)C34)N(c3c([B])c([B])c(CCCC)c([B])c3[B])C2=C1[B]. The van der Waals surface area contributed by atoms with Crippen molar-refractivity contribution in [1.82, 2.24) is 0 Å². The van der Waals surface area contributed by atoms with Gasteiger partial charge in [-0.25, -0.2) is 0 Å². The van der Waals surface area contributed by atoms with E-state index < -0.39 is 6.04 Å². The summed E-state index contributed by atoms with van der Waals surface area (Å²) in [7, 11) is 80.6. The van der Waals surface area contributed by atoms with E-state index in [4.69, 9.17) is 86.3 Å². The van der Waals surface area contributed by atoms with Crippen LogP contribution in [0.5, 0.6) is 0 Å². The molecule has 0 saturated heterocycles. The van der Waals surface area contributed by atoms with Crippen LogP contribution in [0.2, 0.25) is 11.6 Å². The fourth-order valence-electron chi connectivity index (χ4n) is 12.1. The van der Waals surface area contributed by atoms with Crippen molar-refractivity contribution in [3.63, 3.8) is 0 Å². The third-order valence-electron chi connectivity index (χ3n) is 15.6. The standard InChI is InChI=1S/C55H51B12N3/c1-5-9-23-32-38(56)45(63)53(46(64)39(32)57)70-37-28-31(68(29-19-15-13-16-20-29)30-21-17-14-18-22-30)27-36-51(37)67(50-35(26-12-8-4)42(60)48(66)55(50)70)49-34(25-11-7-3)41(59)47(65)54(49)69(36)52-43(61)33(24-10-6-2)40(58)44(52)62/h13-22,27-28,49-50,52H,5-12,23-26H2,1-4H3. The molecule has 0 fully saturated rings. The molecular weight excluding hydrogens is 832 g/mol. The van der Waals surface area contributed by atoms with E-state index in [-0.39, 0.29) is 18.3 Å². The largest absolute Gasteiger partial charge is 0.337 e. The van der Waals surface area contributed by atoms with Crippen molar-refractivity contribution in [3.05, 3.63) is 145 Å². The first-order chi connectivity index (χ1) is 33.7. The smallest absolute Gasteiger partial charge is 0.209 e. The first-order valence-corrected chi connectivity index (χ1v) is 25.4. The molecule has 0 aromatic heterocycles. The summed E-state index contributed by atoms with van der Waals surface area (Å²) < 4.78 is 0. The molecule has 2 aliphatic heterocycles. The summed E-state index contributed by atoms with van der Waals surface area (Å²) in [6.45, 7) is 8.36. The van der Waals surface area contributed by atoms with E-state index in [2.05, 4.69) is 78.8 Å². The van der Waals surface area contributed by atoms with Crippen molar-refractivity contribution < 1.29 is 0 Å². The number of rotatable bonds is 17. The highest BCUT2D eigenvalue weighted by Gasteiger charge is 2.58. The van der Waals surface area contributed by atoms with E-state index in [0.29, 0.717) is 85.1 Å². The van der Waals surface area contributed by atoms with E-state index in [9.17, 15) is 0 Å². The van der Waals surface area contributed by atoms with Gasteiger partial charge in [0.2, 0.25) is 6.71 Å². The number of hydrogen-bond donors (Lipinski definition) is 0. The number of hydrogen-bond acceptors (Lipinski definition) is 3. The Bertz CT molecular complexity index is 2870. The van der Waals surface area contributed by atoms with Gasteiger partial charge >= 0.3 is 0 Å². The molecule has 322 valence electrons. The average molecular weight is 884 g/mol. The molecule has 0 spiro atoms. The first-order valence-electron chi connectivity index (χ1n) is 25.4. The highest BCUT2D eigenvalue weighted by atomic mass is 15.2. The summed E-state index contributed by atoms with van der Waals surface area (Å²) >= 11 is 0. The second kappa shape index (κ2) is 20.5. The third kappa shape index (κ3) is 8.05. The van der Waals surface area contributed by atoms with Crippen LogP contribution >= 0.6 is 0 Å². The monoisotopic (exact) mass is 886 g/mol. The minimum absolute atomic E-state index is 0.300. The highest BCUT2D eigenvalue weighted by Crippen LogP contribution is 2.62. The maximum atomic E-state index is 7.51. The number of anilines is 6. The van der Waals surface area contributed by atoms with Gasteiger partial charge in [-0.3, -0.25) is 0 Å². The third-order valence-corrected chi connectivity index (χ3v) is 15.6. The van der Waals surface area contributed by atoms with Crippen LogP contribution in [0.15, 0.2) is 139 Å². The minimum Gasteiger partial charge on any atom is -0.337 e. The van der Waals surface area contributed by atoms with E-state index >= 15 is 0 Å². The van der Waals surface area contributed by atoms with Crippen molar-refractivity contribution in [2.75, 3.05) is 14.7 Å². The highest BCUT2D eigenvalue weighted by molar-refractivity contribution is 6.83. The topological polar surface area (TPSA) is 9.72 Å². The number of unbranched alkanes of at least 4 members (excludes halogenated alkanes) is 4. The second-order valence-electron chi connectivity index (χ2n) is 19.7. The Labute approximate surface area is 434 Å². The van der Waals surface area contributed by atoms with E-state index in [0.717, 1.165) is 125 Å². The Kier molecular flexibility index (Phi) is 14.8. The van der Waals surface area contributed by atoms with Crippen molar-refractivity contribution in [3.8, 4) is 0 Å². The number of nitrogens with zero attached hydrogens (tertiary/aromatic N) is 3. The van der Waals surface area contributed by atoms with Crippen LogP contribution in [-0.2, 0) is 6.42 Å². The molecule has 4 aromatic rings. The number of fused-ring (bicyclic) bond motifs is 4.